The molecule has 1 rings (SSSR count). The summed E-state index contributed by atoms with van der Waals surface area (Å²) in [6.45, 7) is -0.250. The van der Waals surface area contributed by atoms with Gasteiger partial charge in [-0.25, -0.2) is 0 Å². The molecule has 0 atom stereocenters. The predicted octanol–water partition coefficient (Wildman–Crippen LogP) is 1.41. The van der Waals surface area contributed by atoms with Gasteiger partial charge in [0.25, 0.3) is 6.47 Å². The Hall–Kier alpha value is -0.600. The van der Waals surface area contributed by atoms with Gasteiger partial charge in [-0.1, -0.05) is 25.7 Å². The summed E-state index contributed by atoms with van der Waals surface area (Å²) < 4.78 is 0. The molecule has 50 valence electrons. The zero-order valence-electron chi connectivity index (χ0n) is 4.67. The lowest BCUT2D eigenvalue weighted by Gasteiger charge is -2.05. The second-order valence-electron chi connectivity index (χ2n) is 1.52. The smallest absolute Gasteiger partial charge is 0.290 e. The molecular formula is C5H11FO2. The van der Waals surface area contributed by atoms with Crippen LogP contribution in [0.1, 0.15) is 25.7 Å². The topological polar surface area (TPSA) is 37.3 Å². The third kappa shape index (κ3) is 9.04. The van der Waals surface area contributed by atoms with Crippen LogP contribution in [-0.2, 0) is 4.79 Å². The third-order valence-electron chi connectivity index (χ3n) is 1.000. The molecule has 0 aromatic carbocycles. The molecule has 1 aliphatic carbocycles. The molecule has 0 aliphatic heterocycles. The standard InChI is InChI=1S/C4H8.CH2O2.FH/c1-2-4-3-1;2-1-3;/h1-4H2;1H,(H,2,3);1H. The van der Waals surface area contributed by atoms with Crippen LogP contribution in [0.15, 0.2) is 0 Å². The summed E-state index contributed by atoms with van der Waals surface area (Å²) in [5.41, 5.74) is 0. The van der Waals surface area contributed by atoms with Gasteiger partial charge < -0.3 is 5.11 Å². The summed E-state index contributed by atoms with van der Waals surface area (Å²) in [6.07, 6.45) is 6.00. The van der Waals surface area contributed by atoms with Crippen molar-refractivity contribution >= 4 is 6.47 Å². The van der Waals surface area contributed by atoms with Gasteiger partial charge in [-0.2, -0.15) is 0 Å². The Kier molecular flexibility index (Phi) is 12.5. The molecule has 0 spiro atoms. The number of carbonyl (C=O) groups is 1. The summed E-state index contributed by atoms with van der Waals surface area (Å²) in [5, 5.41) is 6.89. The highest BCUT2D eigenvalue weighted by Gasteiger charge is 1.95. The van der Waals surface area contributed by atoms with E-state index in [0.29, 0.717) is 0 Å². The Balaban J connectivity index is 0. The van der Waals surface area contributed by atoms with E-state index in [9.17, 15) is 0 Å². The van der Waals surface area contributed by atoms with Crippen LogP contribution >= 0.6 is 0 Å². The van der Waals surface area contributed by atoms with Gasteiger partial charge >= 0.3 is 0 Å². The highest BCUT2D eigenvalue weighted by molar-refractivity contribution is 5.32. The molecule has 1 fully saturated rings. The molecule has 0 heterocycles. The van der Waals surface area contributed by atoms with E-state index in [-0.39, 0.29) is 11.2 Å². The molecular weight excluding hydrogens is 111 g/mol. The van der Waals surface area contributed by atoms with Crippen LogP contribution in [0.5, 0.6) is 0 Å². The predicted molar refractivity (Wildman–Crippen MR) is 29.7 cm³/mol. The lowest BCUT2D eigenvalue weighted by Crippen LogP contribution is -1.85. The van der Waals surface area contributed by atoms with Gasteiger partial charge in [-0.15, -0.1) is 0 Å². The highest BCUT2D eigenvalue weighted by atomic mass is 19.0. The molecule has 3 heteroatoms. The maximum Gasteiger partial charge on any atom is 0.290 e. The van der Waals surface area contributed by atoms with Crippen LogP contribution in [0, 0.1) is 0 Å². The summed E-state index contributed by atoms with van der Waals surface area (Å²) in [7, 11) is 0. The minimum atomic E-state index is -0.250. The Morgan fingerprint density at radius 1 is 1.12 bits per heavy atom. The third-order valence-corrected chi connectivity index (χ3v) is 1.000. The van der Waals surface area contributed by atoms with E-state index in [2.05, 4.69) is 0 Å². The molecule has 0 bridgehead atoms. The average Bonchev–Trinajstić information content (AvgIpc) is 1.27. The molecule has 0 saturated heterocycles. The summed E-state index contributed by atoms with van der Waals surface area (Å²) in [6, 6.07) is 0. The second kappa shape index (κ2) is 9.64. The van der Waals surface area contributed by atoms with E-state index in [4.69, 9.17) is 9.90 Å². The van der Waals surface area contributed by atoms with Crippen molar-refractivity contribution in [2.24, 2.45) is 0 Å². The largest absolute Gasteiger partial charge is 0.483 e. The van der Waals surface area contributed by atoms with E-state index in [1.54, 1.807) is 0 Å². The Labute approximate surface area is 47.9 Å². The van der Waals surface area contributed by atoms with Crippen molar-refractivity contribution in [2.75, 3.05) is 0 Å². The molecule has 1 aliphatic rings. The maximum atomic E-state index is 8.36. The average molecular weight is 122 g/mol. The molecule has 0 unspecified atom stereocenters. The van der Waals surface area contributed by atoms with E-state index in [1.165, 1.54) is 25.7 Å². The minimum absolute atomic E-state index is 0. The Bertz CT molecular complexity index is 39.7. The second-order valence-corrected chi connectivity index (χ2v) is 1.52. The Morgan fingerprint density at radius 2 is 1.25 bits per heavy atom. The van der Waals surface area contributed by atoms with Crippen LogP contribution in [0.25, 0.3) is 0 Å². The molecule has 1 saturated carbocycles. The van der Waals surface area contributed by atoms with Crippen LogP contribution in [0.4, 0.5) is 4.70 Å². The number of hydrogen-bond acceptors (Lipinski definition) is 1. The van der Waals surface area contributed by atoms with Gasteiger partial charge in [0.2, 0.25) is 0 Å². The molecule has 0 aromatic rings. The molecule has 2 nitrogen and oxygen atoms in total. The lowest BCUT2D eigenvalue weighted by molar-refractivity contribution is -0.122. The molecule has 0 radical (unpaired) electrons. The first-order valence-corrected chi connectivity index (χ1v) is 2.49. The van der Waals surface area contributed by atoms with Crippen LogP contribution < -0.4 is 0 Å². The van der Waals surface area contributed by atoms with Crippen molar-refractivity contribution in [2.45, 2.75) is 25.7 Å². The summed E-state index contributed by atoms with van der Waals surface area (Å²) >= 11 is 0. The number of rotatable bonds is 0. The van der Waals surface area contributed by atoms with Crippen molar-refractivity contribution in [1.82, 2.24) is 0 Å². The fourth-order valence-electron chi connectivity index (χ4n) is 0.250. The first-order valence-electron chi connectivity index (χ1n) is 2.49. The van der Waals surface area contributed by atoms with Crippen molar-refractivity contribution in [3.05, 3.63) is 0 Å². The summed E-state index contributed by atoms with van der Waals surface area (Å²) in [4.78, 5) is 8.36. The van der Waals surface area contributed by atoms with Gasteiger partial charge in [0.15, 0.2) is 0 Å². The molecule has 1 N–H and O–H groups in total. The van der Waals surface area contributed by atoms with Gasteiger partial charge in [-0.05, 0) is 0 Å². The zero-order valence-corrected chi connectivity index (χ0v) is 4.67. The van der Waals surface area contributed by atoms with E-state index in [0.717, 1.165) is 0 Å². The number of carboxylic acid groups (broad SMARTS) is 1. The number of halogens is 1. The Morgan fingerprint density at radius 3 is 1.25 bits per heavy atom. The quantitative estimate of drug-likeness (QED) is 0.493. The van der Waals surface area contributed by atoms with Crippen LogP contribution in [0.2, 0.25) is 0 Å². The normalized spacial score (nSPS) is 13.5. The minimum Gasteiger partial charge on any atom is -0.483 e. The first kappa shape index (κ1) is 10.4. The lowest BCUT2D eigenvalue weighted by atomic mass is 10.0. The van der Waals surface area contributed by atoms with Gasteiger partial charge in [0, 0.05) is 0 Å². The SMILES string of the molecule is C1CCC1.F.O=CO. The fourth-order valence-corrected chi connectivity index (χ4v) is 0.250. The van der Waals surface area contributed by atoms with E-state index < -0.39 is 0 Å². The zero-order chi connectivity index (χ0) is 5.54. The molecule has 0 aromatic heterocycles. The van der Waals surface area contributed by atoms with E-state index in [1.807, 2.05) is 0 Å². The summed E-state index contributed by atoms with van der Waals surface area (Å²) in [5.74, 6) is 0. The van der Waals surface area contributed by atoms with Gasteiger partial charge in [0.1, 0.15) is 0 Å². The van der Waals surface area contributed by atoms with Crippen molar-refractivity contribution in [1.29, 1.82) is 0 Å². The van der Waals surface area contributed by atoms with Crippen molar-refractivity contribution in [3.63, 3.8) is 0 Å². The van der Waals surface area contributed by atoms with Crippen molar-refractivity contribution < 1.29 is 14.6 Å². The van der Waals surface area contributed by atoms with Gasteiger partial charge in [-0.3, -0.25) is 9.50 Å². The highest BCUT2D eigenvalue weighted by Crippen LogP contribution is 2.15. The molecule has 8 heavy (non-hydrogen) atoms. The van der Waals surface area contributed by atoms with Crippen LogP contribution in [-0.4, -0.2) is 11.6 Å². The first-order chi connectivity index (χ1) is 3.41. The molecule has 0 amide bonds. The maximum absolute atomic E-state index is 8.36. The number of hydrogen-bond donors (Lipinski definition) is 1. The fraction of sp³-hybridized carbons (Fsp3) is 0.800. The van der Waals surface area contributed by atoms with Crippen molar-refractivity contribution in [3.8, 4) is 0 Å². The van der Waals surface area contributed by atoms with E-state index >= 15 is 0 Å². The monoisotopic (exact) mass is 122 g/mol. The van der Waals surface area contributed by atoms with Crippen LogP contribution in [0.3, 0.4) is 0 Å². The van der Waals surface area contributed by atoms with Gasteiger partial charge in [0.05, 0.1) is 0 Å².